The fraction of sp³-hybridized carbons (Fsp3) is 0.667. The number of nitrogens with zero attached hydrogens (tertiary/aromatic N) is 1. The molecular weight excluding hydrogens is 552 g/mol. The highest BCUT2D eigenvalue weighted by atomic mass is 32.2. The van der Waals surface area contributed by atoms with Gasteiger partial charge < -0.3 is 23.7 Å². The highest BCUT2D eigenvalue weighted by Crippen LogP contribution is 2.26. The molecule has 10 nitrogen and oxygen atoms in total. The molecule has 0 bridgehead atoms. The van der Waals surface area contributed by atoms with Gasteiger partial charge in [-0.15, -0.1) is 0 Å². The first-order chi connectivity index (χ1) is 19.0. The van der Waals surface area contributed by atoms with Gasteiger partial charge in [0.25, 0.3) is 0 Å². The van der Waals surface area contributed by atoms with Crippen molar-refractivity contribution in [3.63, 3.8) is 0 Å². The van der Waals surface area contributed by atoms with Gasteiger partial charge in [-0.1, -0.05) is 38.5 Å². The molecule has 0 unspecified atom stereocenters. The number of rotatable bonds is 13. The van der Waals surface area contributed by atoms with Crippen molar-refractivity contribution in [2.24, 2.45) is 11.8 Å². The molecule has 1 aromatic carbocycles. The van der Waals surface area contributed by atoms with E-state index in [2.05, 4.69) is 4.74 Å². The van der Waals surface area contributed by atoms with E-state index in [0.717, 1.165) is 64.2 Å². The van der Waals surface area contributed by atoms with E-state index >= 15 is 0 Å². The molecule has 40 heavy (non-hydrogen) atoms. The van der Waals surface area contributed by atoms with Gasteiger partial charge in [0.2, 0.25) is 0 Å². The molecule has 2 saturated carbocycles. The molecule has 2 aliphatic rings. The Balaban J connectivity index is 1.59. The van der Waals surface area contributed by atoms with Crippen LogP contribution >= 0.6 is 0 Å². The number of carbonyl (C=O) groups is 3. The minimum absolute atomic E-state index is 0.0917. The summed E-state index contributed by atoms with van der Waals surface area (Å²) >= 11 is 0. The average Bonchev–Trinajstić information content (AvgIpc) is 2.95. The summed E-state index contributed by atoms with van der Waals surface area (Å²) in [5, 5.41) is -4.75. The summed E-state index contributed by atoms with van der Waals surface area (Å²) in [5.41, 5.74) is 0.432. The first-order valence-electron chi connectivity index (χ1n) is 13.7. The lowest BCUT2D eigenvalue weighted by molar-refractivity contribution is -0.149. The second kappa shape index (κ2) is 14.7. The van der Waals surface area contributed by atoms with Crippen LogP contribution in [0.3, 0.4) is 0 Å². The topological polar surface area (TPSA) is 139 Å². The van der Waals surface area contributed by atoms with Crippen LogP contribution in [0.1, 0.15) is 74.6 Å². The van der Waals surface area contributed by atoms with Crippen molar-refractivity contribution in [3.05, 3.63) is 29.8 Å². The van der Waals surface area contributed by atoms with Crippen molar-refractivity contribution < 1.29 is 50.3 Å². The van der Waals surface area contributed by atoms with Gasteiger partial charge in [0.05, 0.1) is 30.5 Å². The Morgan fingerprint density at radius 2 is 1.25 bits per heavy atom. The van der Waals surface area contributed by atoms with E-state index in [9.17, 15) is 36.1 Å². The summed E-state index contributed by atoms with van der Waals surface area (Å²) in [6, 6.07) is 5.59. The lowest BCUT2D eigenvalue weighted by atomic mass is 9.89. The number of esters is 3. The molecule has 0 N–H and O–H groups in total. The monoisotopic (exact) mass is 588 g/mol. The number of alkyl halides is 2. The van der Waals surface area contributed by atoms with Gasteiger partial charge in [0.15, 0.2) is 16.7 Å². The summed E-state index contributed by atoms with van der Waals surface area (Å²) in [4.78, 5) is 38.8. The number of halogens is 2. The summed E-state index contributed by atoms with van der Waals surface area (Å²) < 4.78 is 73.7. The number of ether oxygens (including phenoxy) is 3. The van der Waals surface area contributed by atoms with Crippen LogP contribution in [-0.2, 0) is 33.9 Å². The van der Waals surface area contributed by atoms with Crippen molar-refractivity contribution in [2.75, 3.05) is 37.8 Å². The number of carbonyl (C=O) groups excluding carboxylic acids is 3. The van der Waals surface area contributed by atoms with Gasteiger partial charge in [0.1, 0.15) is 13.2 Å². The zero-order chi connectivity index (χ0) is 29.2. The summed E-state index contributed by atoms with van der Waals surface area (Å²) in [6.45, 7) is -1.17. The first kappa shape index (κ1) is 31.7. The standard InChI is InChI=1S/C27H37F2NO9S/c28-27(29,40(34,35)36)19-39-26(33)22-11-13-23(14-12-22)30(15-17-37-24(31)20-7-3-1-4-8-20)16-18-38-25(32)21-9-5-2-6-10-21/h11-14,20-21H,1-10,15-19H2,(H,34,35,36)/p-1. The van der Waals surface area contributed by atoms with Gasteiger partial charge in [-0.3, -0.25) is 9.59 Å². The van der Waals surface area contributed by atoms with E-state index < -0.39 is 27.9 Å². The average molecular weight is 589 g/mol. The van der Waals surface area contributed by atoms with Crippen LogP contribution in [0.25, 0.3) is 0 Å². The molecule has 0 aliphatic heterocycles. The lowest BCUT2D eigenvalue weighted by Crippen LogP contribution is -2.35. The number of hydrogen-bond donors (Lipinski definition) is 0. The smallest absolute Gasteiger partial charge is 0.367 e. The third-order valence-corrected chi connectivity index (χ3v) is 8.14. The quantitative estimate of drug-likeness (QED) is 0.188. The third-order valence-electron chi connectivity index (χ3n) is 7.29. The predicted molar refractivity (Wildman–Crippen MR) is 139 cm³/mol. The Labute approximate surface area is 233 Å². The van der Waals surface area contributed by atoms with Gasteiger partial charge in [-0.2, -0.15) is 8.78 Å². The Hall–Kier alpha value is -2.80. The van der Waals surface area contributed by atoms with Crippen LogP contribution in [0, 0.1) is 11.8 Å². The first-order valence-corrected chi connectivity index (χ1v) is 15.1. The maximum Gasteiger partial charge on any atom is 0.367 e. The van der Waals surface area contributed by atoms with E-state index in [1.807, 2.05) is 0 Å². The normalized spacial score (nSPS) is 17.2. The van der Waals surface area contributed by atoms with Crippen molar-refractivity contribution in [1.82, 2.24) is 0 Å². The maximum atomic E-state index is 13.3. The largest absolute Gasteiger partial charge is 0.743 e. The van der Waals surface area contributed by atoms with Crippen LogP contribution in [0.15, 0.2) is 24.3 Å². The Morgan fingerprint density at radius 3 is 1.68 bits per heavy atom. The molecule has 3 rings (SSSR count). The zero-order valence-electron chi connectivity index (χ0n) is 22.4. The van der Waals surface area contributed by atoms with Gasteiger partial charge in [0, 0.05) is 5.69 Å². The molecular formula is C27H36F2NO9S-. The third kappa shape index (κ3) is 9.39. The predicted octanol–water partition coefficient (Wildman–Crippen LogP) is 4.03. The molecule has 0 heterocycles. The van der Waals surface area contributed by atoms with Crippen LogP contribution in [0.5, 0.6) is 0 Å². The van der Waals surface area contributed by atoms with Crippen LogP contribution < -0.4 is 4.90 Å². The number of benzene rings is 1. The van der Waals surface area contributed by atoms with Crippen LogP contribution in [-0.4, -0.2) is 69.0 Å². The van der Waals surface area contributed by atoms with Gasteiger partial charge >= 0.3 is 23.2 Å². The molecule has 2 aliphatic carbocycles. The molecule has 13 heteroatoms. The number of anilines is 1. The Bertz CT molecular complexity index is 1060. The minimum atomic E-state index is -5.98. The van der Waals surface area contributed by atoms with Crippen molar-refractivity contribution >= 4 is 33.7 Å². The molecule has 2 fully saturated rings. The number of hydrogen-bond acceptors (Lipinski definition) is 10. The molecule has 0 amide bonds. The van der Waals surface area contributed by atoms with E-state index in [4.69, 9.17) is 9.47 Å². The Morgan fingerprint density at radius 1 is 0.800 bits per heavy atom. The van der Waals surface area contributed by atoms with Crippen molar-refractivity contribution in [3.8, 4) is 0 Å². The molecule has 0 spiro atoms. The molecule has 0 aromatic heterocycles. The molecule has 224 valence electrons. The zero-order valence-corrected chi connectivity index (χ0v) is 23.2. The van der Waals surface area contributed by atoms with Crippen molar-refractivity contribution in [1.29, 1.82) is 0 Å². The minimum Gasteiger partial charge on any atom is -0.743 e. The summed E-state index contributed by atoms with van der Waals surface area (Å²) in [5.74, 6) is -1.91. The lowest BCUT2D eigenvalue weighted by Gasteiger charge is -2.26. The Kier molecular flexibility index (Phi) is 11.7. The highest BCUT2D eigenvalue weighted by molar-refractivity contribution is 7.86. The van der Waals surface area contributed by atoms with Gasteiger partial charge in [-0.25, -0.2) is 13.2 Å². The van der Waals surface area contributed by atoms with E-state index in [-0.39, 0.29) is 55.6 Å². The van der Waals surface area contributed by atoms with Crippen LogP contribution in [0.2, 0.25) is 0 Å². The van der Waals surface area contributed by atoms with Gasteiger partial charge in [-0.05, 0) is 49.9 Å². The fourth-order valence-electron chi connectivity index (χ4n) is 4.91. The summed E-state index contributed by atoms with van der Waals surface area (Å²) in [7, 11) is -5.98. The molecule has 0 atom stereocenters. The summed E-state index contributed by atoms with van der Waals surface area (Å²) in [6.07, 6.45) is 9.45. The van der Waals surface area contributed by atoms with E-state index in [1.54, 1.807) is 4.90 Å². The van der Waals surface area contributed by atoms with E-state index in [1.165, 1.54) is 24.3 Å². The second-order valence-corrected chi connectivity index (χ2v) is 11.7. The highest BCUT2D eigenvalue weighted by Gasteiger charge is 2.39. The molecule has 1 aromatic rings. The SMILES string of the molecule is O=C(OCC(F)(F)S(=O)(=O)[O-])c1ccc(N(CCOC(=O)C2CCCCC2)CCOC(=O)C2CCCCC2)cc1. The van der Waals surface area contributed by atoms with E-state index in [0.29, 0.717) is 5.69 Å². The fourth-order valence-corrected chi connectivity index (χ4v) is 5.11. The molecule has 0 radical (unpaired) electrons. The molecule has 0 saturated heterocycles. The van der Waals surface area contributed by atoms with Crippen molar-refractivity contribution in [2.45, 2.75) is 69.5 Å². The maximum absolute atomic E-state index is 13.3. The second-order valence-electron chi connectivity index (χ2n) is 10.2. The van der Waals surface area contributed by atoms with Crippen LogP contribution in [0.4, 0.5) is 14.5 Å².